The zero-order chi connectivity index (χ0) is 21.3. The standard InChI is InChI=1S/C23H29N3O3S/c1-13-5-7-16-19(11-13)30-23-20(16)22(27)25-21(26-23)14(2)24-10-9-15-6-8-17(28-3)18(12-15)29-4/h6,8,12-14,24H,5,7,9-11H2,1-4H3,(H,25,26,27)/p+1/t13-,14+/m0/s1. The molecule has 0 saturated heterocycles. The number of benzene rings is 1. The molecular formula is C23H30N3O3S+. The van der Waals surface area contributed by atoms with E-state index in [-0.39, 0.29) is 11.6 Å². The zero-order valence-electron chi connectivity index (χ0n) is 18.1. The normalized spacial score (nSPS) is 17.0. The van der Waals surface area contributed by atoms with Crippen molar-refractivity contribution >= 4 is 21.6 Å². The summed E-state index contributed by atoms with van der Waals surface area (Å²) >= 11 is 1.71. The molecule has 2 aromatic heterocycles. The van der Waals surface area contributed by atoms with Crippen LogP contribution < -0.4 is 20.3 Å². The average Bonchev–Trinajstić information content (AvgIpc) is 3.11. The number of quaternary nitrogens is 1. The minimum Gasteiger partial charge on any atom is -0.493 e. The Morgan fingerprint density at radius 1 is 1.30 bits per heavy atom. The molecule has 3 aromatic rings. The van der Waals surface area contributed by atoms with Gasteiger partial charge in [0.15, 0.2) is 17.3 Å². The van der Waals surface area contributed by atoms with E-state index in [1.54, 1.807) is 25.6 Å². The van der Waals surface area contributed by atoms with E-state index in [1.807, 2.05) is 12.1 Å². The predicted molar refractivity (Wildman–Crippen MR) is 120 cm³/mol. The Bertz CT molecular complexity index is 1110. The number of hydrogen-bond acceptors (Lipinski definition) is 5. The molecule has 1 aliphatic carbocycles. The molecule has 0 aliphatic heterocycles. The van der Waals surface area contributed by atoms with E-state index < -0.39 is 0 Å². The molecule has 1 aliphatic rings. The van der Waals surface area contributed by atoms with E-state index >= 15 is 0 Å². The Kier molecular flexibility index (Phi) is 6.11. The molecule has 6 nitrogen and oxygen atoms in total. The summed E-state index contributed by atoms with van der Waals surface area (Å²) in [7, 11) is 3.29. The first kappa shape index (κ1) is 20.9. The number of nitrogens with one attached hydrogen (secondary N) is 1. The summed E-state index contributed by atoms with van der Waals surface area (Å²) in [6.45, 7) is 5.26. The first-order chi connectivity index (χ1) is 14.5. The van der Waals surface area contributed by atoms with Gasteiger partial charge in [-0.1, -0.05) is 13.0 Å². The van der Waals surface area contributed by atoms with Gasteiger partial charge >= 0.3 is 0 Å². The highest BCUT2D eigenvalue weighted by Gasteiger charge is 2.24. The van der Waals surface area contributed by atoms with E-state index in [4.69, 9.17) is 14.5 Å². The van der Waals surface area contributed by atoms with Gasteiger partial charge in [-0.05, 0) is 55.4 Å². The van der Waals surface area contributed by atoms with Gasteiger partial charge in [0.25, 0.3) is 5.56 Å². The summed E-state index contributed by atoms with van der Waals surface area (Å²) < 4.78 is 10.7. The van der Waals surface area contributed by atoms with Crippen molar-refractivity contribution in [3.05, 3.63) is 50.4 Å². The summed E-state index contributed by atoms with van der Waals surface area (Å²) in [5.74, 6) is 2.93. The molecule has 4 rings (SSSR count). The minimum absolute atomic E-state index is 0.0159. The van der Waals surface area contributed by atoms with Crippen molar-refractivity contribution in [2.45, 2.75) is 45.6 Å². The highest BCUT2D eigenvalue weighted by molar-refractivity contribution is 7.18. The molecule has 160 valence electrons. The van der Waals surface area contributed by atoms with Crippen LogP contribution in [0, 0.1) is 5.92 Å². The maximum atomic E-state index is 12.8. The number of rotatable bonds is 7. The average molecular weight is 429 g/mol. The van der Waals surface area contributed by atoms with Crippen LogP contribution in [0.25, 0.3) is 10.2 Å². The summed E-state index contributed by atoms with van der Waals surface area (Å²) in [4.78, 5) is 23.0. The first-order valence-corrected chi connectivity index (χ1v) is 11.4. The molecule has 0 saturated carbocycles. The van der Waals surface area contributed by atoms with Gasteiger partial charge in [-0.15, -0.1) is 11.3 Å². The van der Waals surface area contributed by atoms with Gasteiger partial charge < -0.3 is 19.8 Å². The molecule has 0 bridgehead atoms. The molecule has 3 N–H and O–H groups in total. The van der Waals surface area contributed by atoms with Crippen molar-refractivity contribution in [1.29, 1.82) is 0 Å². The molecule has 0 unspecified atom stereocenters. The van der Waals surface area contributed by atoms with Crippen LogP contribution in [0.3, 0.4) is 0 Å². The molecule has 2 heterocycles. The fourth-order valence-corrected chi connectivity index (χ4v) is 5.62. The van der Waals surface area contributed by atoms with Crippen LogP contribution in [0.15, 0.2) is 23.0 Å². The monoisotopic (exact) mass is 428 g/mol. The van der Waals surface area contributed by atoms with E-state index in [9.17, 15) is 4.79 Å². The maximum Gasteiger partial charge on any atom is 0.260 e. The Labute approximate surface area is 180 Å². The van der Waals surface area contributed by atoms with Gasteiger partial charge in [0.1, 0.15) is 10.9 Å². The highest BCUT2D eigenvalue weighted by Crippen LogP contribution is 2.35. The van der Waals surface area contributed by atoms with Crippen molar-refractivity contribution < 1.29 is 14.8 Å². The smallest absolute Gasteiger partial charge is 0.260 e. The zero-order valence-corrected chi connectivity index (χ0v) is 18.9. The third kappa shape index (κ3) is 4.09. The Balaban J connectivity index is 1.46. The number of nitrogens with two attached hydrogens (primary N) is 1. The molecule has 7 heteroatoms. The summed E-state index contributed by atoms with van der Waals surface area (Å²) in [6.07, 6.45) is 4.11. The number of nitrogens with zero attached hydrogens (tertiary/aromatic N) is 1. The maximum absolute atomic E-state index is 12.8. The van der Waals surface area contributed by atoms with Crippen LogP contribution in [0.2, 0.25) is 0 Å². The van der Waals surface area contributed by atoms with E-state index in [2.05, 4.69) is 30.2 Å². The third-order valence-corrected chi connectivity index (χ3v) is 7.16. The Morgan fingerprint density at radius 3 is 2.87 bits per heavy atom. The minimum atomic E-state index is 0.0159. The number of aryl methyl sites for hydroxylation is 1. The van der Waals surface area contributed by atoms with Crippen molar-refractivity contribution in [3.63, 3.8) is 0 Å². The Morgan fingerprint density at radius 2 is 2.10 bits per heavy atom. The molecule has 1 aromatic carbocycles. The SMILES string of the molecule is COc1ccc(CC[NH2+][C@H](C)c2nc3sc4c(c3c(=O)[nH]2)CC[C@H](C)C4)cc1OC. The summed E-state index contributed by atoms with van der Waals surface area (Å²) in [5, 5.41) is 3.04. The lowest BCUT2D eigenvalue weighted by Gasteiger charge is -2.17. The third-order valence-electron chi connectivity index (χ3n) is 6.02. The highest BCUT2D eigenvalue weighted by atomic mass is 32.1. The molecule has 0 fully saturated rings. The van der Waals surface area contributed by atoms with Crippen LogP contribution in [-0.4, -0.2) is 30.7 Å². The van der Waals surface area contributed by atoms with Gasteiger partial charge in [0, 0.05) is 11.3 Å². The molecule has 2 atom stereocenters. The van der Waals surface area contributed by atoms with E-state index in [0.717, 1.165) is 59.8 Å². The number of H-pyrrole nitrogens is 1. The molecule has 30 heavy (non-hydrogen) atoms. The van der Waals surface area contributed by atoms with Gasteiger partial charge in [-0.2, -0.15) is 0 Å². The number of ether oxygens (including phenoxy) is 2. The van der Waals surface area contributed by atoms with Crippen LogP contribution in [0.1, 0.15) is 48.1 Å². The predicted octanol–water partition coefficient (Wildman–Crippen LogP) is 2.99. The van der Waals surface area contributed by atoms with Crippen molar-refractivity contribution in [3.8, 4) is 11.5 Å². The topological polar surface area (TPSA) is 80.8 Å². The lowest BCUT2D eigenvalue weighted by Crippen LogP contribution is -2.85. The second kappa shape index (κ2) is 8.78. The van der Waals surface area contributed by atoms with Gasteiger partial charge in [0.05, 0.1) is 26.2 Å². The fraction of sp³-hybridized carbons (Fsp3) is 0.478. The number of methoxy groups -OCH3 is 2. The van der Waals surface area contributed by atoms with Gasteiger partial charge in [0.2, 0.25) is 0 Å². The lowest BCUT2D eigenvalue weighted by molar-refractivity contribution is -0.693. The second-order valence-electron chi connectivity index (χ2n) is 8.24. The van der Waals surface area contributed by atoms with Crippen LogP contribution in [0.5, 0.6) is 11.5 Å². The number of aromatic nitrogens is 2. The van der Waals surface area contributed by atoms with Crippen molar-refractivity contribution in [2.24, 2.45) is 5.92 Å². The molecular weight excluding hydrogens is 398 g/mol. The number of fused-ring (bicyclic) bond motifs is 3. The summed E-state index contributed by atoms with van der Waals surface area (Å²) in [5.41, 5.74) is 2.44. The van der Waals surface area contributed by atoms with Crippen LogP contribution in [0.4, 0.5) is 0 Å². The number of hydrogen-bond donors (Lipinski definition) is 2. The molecule has 0 amide bonds. The van der Waals surface area contributed by atoms with Gasteiger partial charge in [-0.3, -0.25) is 4.79 Å². The van der Waals surface area contributed by atoms with E-state index in [0.29, 0.717) is 5.92 Å². The fourth-order valence-electron chi connectivity index (χ4n) is 4.23. The van der Waals surface area contributed by atoms with Crippen molar-refractivity contribution in [2.75, 3.05) is 20.8 Å². The lowest BCUT2D eigenvalue weighted by atomic mass is 9.89. The van der Waals surface area contributed by atoms with Crippen LogP contribution >= 0.6 is 11.3 Å². The number of aromatic amines is 1. The Hall–Kier alpha value is -2.38. The quantitative estimate of drug-likeness (QED) is 0.606. The van der Waals surface area contributed by atoms with E-state index in [1.165, 1.54) is 16.0 Å². The largest absolute Gasteiger partial charge is 0.493 e. The number of thiophene rings is 1. The first-order valence-electron chi connectivity index (χ1n) is 10.6. The summed E-state index contributed by atoms with van der Waals surface area (Å²) in [6, 6.07) is 6.09. The van der Waals surface area contributed by atoms with Crippen molar-refractivity contribution in [1.82, 2.24) is 9.97 Å². The van der Waals surface area contributed by atoms with Crippen LogP contribution in [-0.2, 0) is 19.3 Å². The van der Waals surface area contributed by atoms with Gasteiger partial charge in [-0.25, -0.2) is 4.98 Å². The second-order valence-corrected chi connectivity index (χ2v) is 9.32. The molecule has 0 radical (unpaired) electrons. The molecule has 0 spiro atoms.